The fourth-order valence-electron chi connectivity index (χ4n) is 2.08. The fraction of sp³-hybridized carbons (Fsp3) is 0.818. The number of carbonyl (C=O) groups is 2. The Labute approximate surface area is 109 Å². The molecule has 0 aliphatic heterocycles. The SMILES string of the molecule is CC(I)C(=O)OC1(CC(=O)O)CCCCC1. The first kappa shape index (κ1) is 13.7. The van der Waals surface area contributed by atoms with Gasteiger partial charge in [0.15, 0.2) is 0 Å². The van der Waals surface area contributed by atoms with E-state index in [4.69, 9.17) is 9.84 Å². The largest absolute Gasteiger partial charge is 0.481 e. The Kier molecular flexibility index (Phi) is 5.01. The summed E-state index contributed by atoms with van der Waals surface area (Å²) in [5.41, 5.74) is -0.749. The van der Waals surface area contributed by atoms with Gasteiger partial charge in [0.2, 0.25) is 0 Å². The maximum atomic E-state index is 11.6. The number of carboxylic acid groups (broad SMARTS) is 1. The highest BCUT2D eigenvalue weighted by Crippen LogP contribution is 2.35. The third kappa shape index (κ3) is 3.92. The van der Waals surface area contributed by atoms with Crippen LogP contribution in [0.1, 0.15) is 45.4 Å². The van der Waals surface area contributed by atoms with Crippen LogP contribution in [0.15, 0.2) is 0 Å². The van der Waals surface area contributed by atoms with Crippen molar-refractivity contribution in [2.75, 3.05) is 0 Å². The molecule has 0 heterocycles. The Morgan fingerprint density at radius 2 is 1.94 bits per heavy atom. The second-order valence-electron chi connectivity index (χ2n) is 4.35. The first-order chi connectivity index (χ1) is 7.45. The molecule has 1 rings (SSSR count). The predicted molar refractivity (Wildman–Crippen MR) is 67.6 cm³/mol. The smallest absolute Gasteiger partial charge is 0.319 e. The van der Waals surface area contributed by atoms with E-state index < -0.39 is 11.6 Å². The lowest BCUT2D eigenvalue weighted by Gasteiger charge is -2.35. The minimum atomic E-state index is -0.893. The molecule has 4 nitrogen and oxygen atoms in total. The number of halogens is 1. The zero-order valence-corrected chi connectivity index (χ0v) is 11.5. The summed E-state index contributed by atoms with van der Waals surface area (Å²) in [6.07, 6.45) is 4.26. The van der Waals surface area contributed by atoms with Crippen LogP contribution in [0, 0.1) is 0 Å². The van der Waals surface area contributed by atoms with Crippen molar-refractivity contribution in [2.24, 2.45) is 0 Å². The van der Waals surface area contributed by atoms with E-state index in [-0.39, 0.29) is 16.3 Å². The third-order valence-corrected chi connectivity index (χ3v) is 3.39. The highest BCUT2D eigenvalue weighted by molar-refractivity contribution is 14.1. The first-order valence-electron chi connectivity index (χ1n) is 5.54. The van der Waals surface area contributed by atoms with E-state index in [1.165, 1.54) is 0 Å². The van der Waals surface area contributed by atoms with Gasteiger partial charge in [-0.15, -0.1) is 0 Å². The second-order valence-corrected chi connectivity index (χ2v) is 6.22. The summed E-state index contributed by atoms with van der Waals surface area (Å²) in [5, 5.41) is 8.89. The summed E-state index contributed by atoms with van der Waals surface area (Å²) in [6, 6.07) is 0. The maximum Gasteiger partial charge on any atom is 0.319 e. The Hall–Kier alpha value is -0.330. The van der Waals surface area contributed by atoms with Crippen LogP contribution in [-0.2, 0) is 14.3 Å². The molecule has 1 fully saturated rings. The quantitative estimate of drug-likeness (QED) is 0.485. The van der Waals surface area contributed by atoms with Crippen molar-refractivity contribution in [3.05, 3.63) is 0 Å². The van der Waals surface area contributed by atoms with E-state index in [0.29, 0.717) is 12.8 Å². The normalized spacial score (nSPS) is 21.1. The van der Waals surface area contributed by atoms with Gasteiger partial charge in [-0.1, -0.05) is 29.0 Å². The first-order valence-corrected chi connectivity index (χ1v) is 6.78. The molecule has 1 unspecified atom stereocenters. The van der Waals surface area contributed by atoms with Crippen LogP contribution in [-0.4, -0.2) is 26.6 Å². The zero-order valence-electron chi connectivity index (χ0n) is 9.37. The van der Waals surface area contributed by atoms with Gasteiger partial charge >= 0.3 is 11.9 Å². The van der Waals surface area contributed by atoms with Crippen LogP contribution < -0.4 is 0 Å². The highest BCUT2D eigenvalue weighted by Gasteiger charge is 2.38. The van der Waals surface area contributed by atoms with Crippen molar-refractivity contribution in [3.8, 4) is 0 Å². The van der Waals surface area contributed by atoms with Gasteiger partial charge in [-0.3, -0.25) is 9.59 Å². The lowest BCUT2D eigenvalue weighted by molar-refractivity contribution is -0.167. The van der Waals surface area contributed by atoms with Crippen LogP contribution in [0.4, 0.5) is 0 Å². The number of carbonyl (C=O) groups excluding carboxylic acids is 1. The Bertz CT molecular complexity index is 269. The van der Waals surface area contributed by atoms with E-state index >= 15 is 0 Å². The summed E-state index contributed by atoms with van der Waals surface area (Å²) >= 11 is 1.98. The molecule has 0 bridgehead atoms. The van der Waals surface area contributed by atoms with Crippen LogP contribution in [0.3, 0.4) is 0 Å². The molecule has 0 aromatic heterocycles. The average Bonchev–Trinajstić information content (AvgIpc) is 2.17. The van der Waals surface area contributed by atoms with Gasteiger partial charge in [0.05, 0.1) is 6.42 Å². The molecule has 1 aliphatic carbocycles. The topological polar surface area (TPSA) is 63.6 Å². The number of rotatable bonds is 4. The Balaban J connectivity index is 2.69. The summed E-state index contributed by atoms with van der Waals surface area (Å²) < 4.78 is 5.19. The molecule has 1 aliphatic rings. The van der Waals surface area contributed by atoms with Gasteiger partial charge < -0.3 is 9.84 Å². The molecule has 0 aromatic rings. The second kappa shape index (κ2) is 5.84. The molecule has 0 radical (unpaired) electrons. The fourth-order valence-corrected chi connectivity index (χ4v) is 2.21. The average molecular weight is 340 g/mol. The lowest BCUT2D eigenvalue weighted by Crippen LogP contribution is -2.40. The molecule has 1 saturated carbocycles. The third-order valence-electron chi connectivity index (χ3n) is 2.88. The number of ether oxygens (including phenoxy) is 1. The number of esters is 1. The van der Waals surface area contributed by atoms with Crippen LogP contribution >= 0.6 is 22.6 Å². The molecule has 92 valence electrons. The number of alkyl halides is 1. The molecule has 0 amide bonds. The molecule has 0 saturated heterocycles. The monoisotopic (exact) mass is 340 g/mol. The molecule has 1 atom stereocenters. The van der Waals surface area contributed by atoms with Crippen molar-refractivity contribution < 1.29 is 19.4 Å². The van der Waals surface area contributed by atoms with Crippen molar-refractivity contribution in [1.29, 1.82) is 0 Å². The minimum Gasteiger partial charge on any atom is -0.481 e. The highest BCUT2D eigenvalue weighted by atomic mass is 127. The van der Waals surface area contributed by atoms with E-state index in [9.17, 15) is 9.59 Å². The molecule has 16 heavy (non-hydrogen) atoms. The molecule has 1 N–H and O–H groups in total. The molecular formula is C11H17IO4. The minimum absolute atomic E-state index is 0.0674. The number of carboxylic acids is 1. The van der Waals surface area contributed by atoms with E-state index in [0.717, 1.165) is 19.3 Å². The van der Waals surface area contributed by atoms with Gasteiger partial charge in [-0.05, 0) is 32.6 Å². The molecule has 0 spiro atoms. The summed E-state index contributed by atoms with van der Waals surface area (Å²) in [7, 11) is 0. The van der Waals surface area contributed by atoms with Gasteiger partial charge in [0, 0.05) is 0 Å². The van der Waals surface area contributed by atoms with Crippen molar-refractivity contribution in [1.82, 2.24) is 0 Å². The number of hydrogen-bond donors (Lipinski definition) is 1. The Morgan fingerprint density at radius 3 is 2.38 bits per heavy atom. The summed E-state index contributed by atoms with van der Waals surface area (Å²) in [4.78, 5) is 22.4. The lowest BCUT2D eigenvalue weighted by atomic mass is 9.82. The zero-order chi connectivity index (χ0) is 12.2. The van der Waals surface area contributed by atoms with Gasteiger partial charge in [-0.2, -0.15) is 0 Å². The van der Waals surface area contributed by atoms with Crippen molar-refractivity contribution >= 4 is 34.5 Å². The van der Waals surface area contributed by atoms with Gasteiger partial charge in [-0.25, -0.2) is 0 Å². The van der Waals surface area contributed by atoms with Crippen molar-refractivity contribution in [3.63, 3.8) is 0 Å². The standard InChI is InChI=1S/C11H17IO4/c1-8(12)10(15)16-11(7-9(13)14)5-3-2-4-6-11/h8H,2-7H2,1H3,(H,13,14). The van der Waals surface area contributed by atoms with E-state index in [1.807, 2.05) is 22.6 Å². The molecular weight excluding hydrogens is 323 g/mol. The van der Waals surface area contributed by atoms with Gasteiger partial charge in [0.1, 0.15) is 9.53 Å². The van der Waals surface area contributed by atoms with Crippen molar-refractivity contribution in [2.45, 2.75) is 55.0 Å². The van der Waals surface area contributed by atoms with E-state index in [2.05, 4.69) is 0 Å². The van der Waals surface area contributed by atoms with Crippen LogP contribution in [0.2, 0.25) is 0 Å². The van der Waals surface area contributed by atoms with Gasteiger partial charge in [0.25, 0.3) is 0 Å². The number of hydrogen-bond acceptors (Lipinski definition) is 3. The Morgan fingerprint density at radius 1 is 1.38 bits per heavy atom. The summed E-state index contributed by atoms with van der Waals surface area (Å²) in [5.74, 6) is -1.19. The van der Waals surface area contributed by atoms with E-state index in [1.54, 1.807) is 6.92 Å². The molecule has 0 aromatic carbocycles. The summed E-state index contributed by atoms with van der Waals surface area (Å²) in [6.45, 7) is 1.75. The molecule has 5 heteroatoms. The number of aliphatic carboxylic acids is 1. The van der Waals surface area contributed by atoms with Crippen LogP contribution in [0.5, 0.6) is 0 Å². The van der Waals surface area contributed by atoms with Crippen LogP contribution in [0.25, 0.3) is 0 Å². The predicted octanol–water partition coefficient (Wildman–Crippen LogP) is 2.53. The maximum absolute atomic E-state index is 11.6.